The van der Waals surface area contributed by atoms with E-state index in [1.165, 1.54) is 0 Å². The van der Waals surface area contributed by atoms with Gasteiger partial charge in [-0.25, -0.2) is 0 Å². The van der Waals surface area contributed by atoms with Crippen LogP contribution >= 0.6 is 23.8 Å². The van der Waals surface area contributed by atoms with Crippen LogP contribution in [0.5, 0.6) is 0 Å². The maximum atomic E-state index is 6.04. The first-order chi connectivity index (χ1) is 8.65. The van der Waals surface area contributed by atoms with E-state index in [9.17, 15) is 0 Å². The van der Waals surface area contributed by atoms with E-state index in [4.69, 9.17) is 28.2 Å². The lowest BCUT2D eigenvalue weighted by molar-refractivity contribution is 0.503. The van der Waals surface area contributed by atoms with E-state index in [0.717, 1.165) is 17.0 Å². The minimum absolute atomic E-state index is 0.534. The second-order valence-corrected chi connectivity index (χ2v) is 4.67. The summed E-state index contributed by atoms with van der Waals surface area (Å²) in [6.45, 7) is 2.51. The zero-order valence-corrected chi connectivity index (χ0v) is 11.4. The van der Waals surface area contributed by atoms with Gasteiger partial charge in [0.25, 0.3) is 0 Å². The largest absolute Gasteiger partial charge is 0.467 e. The highest BCUT2D eigenvalue weighted by Crippen LogP contribution is 2.19. The Hall–Kier alpha value is -1.52. The Morgan fingerprint density at radius 3 is 2.89 bits per heavy atom. The van der Waals surface area contributed by atoms with Crippen molar-refractivity contribution in [1.82, 2.24) is 5.32 Å². The summed E-state index contributed by atoms with van der Waals surface area (Å²) in [7, 11) is 0. The van der Waals surface area contributed by atoms with E-state index in [-0.39, 0.29) is 0 Å². The van der Waals surface area contributed by atoms with Crippen LogP contribution in [-0.2, 0) is 6.54 Å². The number of benzene rings is 1. The van der Waals surface area contributed by atoms with Crippen LogP contribution in [0.15, 0.2) is 41.0 Å². The lowest BCUT2D eigenvalue weighted by atomic mass is 10.2. The number of nitrogens with one attached hydrogen (secondary N) is 2. The fraction of sp³-hybridized carbons (Fsp3) is 0.154. The monoisotopic (exact) mass is 280 g/mol. The SMILES string of the molecule is Cc1ccc(NC(=S)NCc2ccco2)cc1Cl. The number of furan rings is 1. The van der Waals surface area contributed by atoms with Gasteiger partial charge < -0.3 is 15.1 Å². The molecule has 18 heavy (non-hydrogen) atoms. The highest BCUT2D eigenvalue weighted by atomic mass is 35.5. The van der Waals surface area contributed by atoms with Crippen LogP contribution < -0.4 is 10.6 Å². The zero-order chi connectivity index (χ0) is 13.0. The van der Waals surface area contributed by atoms with Crippen molar-refractivity contribution >= 4 is 34.6 Å². The van der Waals surface area contributed by atoms with Crippen molar-refractivity contribution < 1.29 is 4.42 Å². The van der Waals surface area contributed by atoms with Crippen LogP contribution in [0, 0.1) is 6.92 Å². The van der Waals surface area contributed by atoms with Gasteiger partial charge in [0.2, 0.25) is 0 Å². The molecule has 0 radical (unpaired) electrons. The smallest absolute Gasteiger partial charge is 0.171 e. The molecule has 0 spiro atoms. The molecule has 0 saturated heterocycles. The number of halogens is 1. The fourth-order valence-corrected chi connectivity index (χ4v) is 1.80. The number of rotatable bonds is 3. The molecule has 2 rings (SSSR count). The third kappa shape index (κ3) is 3.48. The highest BCUT2D eigenvalue weighted by molar-refractivity contribution is 7.80. The van der Waals surface area contributed by atoms with E-state index >= 15 is 0 Å². The van der Waals surface area contributed by atoms with Gasteiger partial charge in [-0.15, -0.1) is 0 Å². The fourth-order valence-electron chi connectivity index (χ4n) is 1.43. The lowest BCUT2D eigenvalue weighted by Gasteiger charge is -2.10. The molecule has 0 aliphatic rings. The summed E-state index contributed by atoms with van der Waals surface area (Å²) in [6, 6.07) is 9.45. The average Bonchev–Trinajstić information content (AvgIpc) is 2.84. The molecule has 0 amide bonds. The second kappa shape index (κ2) is 5.89. The molecule has 0 bridgehead atoms. The molecular weight excluding hydrogens is 268 g/mol. The Labute approximate surface area is 116 Å². The maximum absolute atomic E-state index is 6.04. The average molecular weight is 281 g/mol. The van der Waals surface area contributed by atoms with E-state index in [1.54, 1.807) is 6.26 Å². The quantitative estimate of drug-likeness (QED) is 0.840. The molecule has 1 aromatic carbocycles. The molecule has 2 aromatic rings. The molecular formula is C13H13ClN2OS. The van der Waals surface area contributed by atoms with Gasteiger partial charge in [-0.1, -0.05) is 17.7 Å². The van der Waals surface area contributed by atoms with Crippen LogP contribution in [0.4, 0.5) is 5.69 Å². The standard InChI is InChI=1S/C13H13ClN2OS/c1-9-4-5-10(7-12(9)14)16-13(18)15-8-11-3-2-6-17-11/h2-7H,8H2,1H3,(H2,15,16,18). The summed E-state index contributed by atoms with van der Waals surface area (Å²) in [5.74, 6) is 0.834. The Morgan fingerprint density at radius 1 is 1.39 bits per heavy atom. The Bertz CT molecular complexity index is 540. The Balaban J connectivity index is 1.88. The first-order valence-electron chi connectivity index (χ1n) is 5.48. The molecule has 0 aliphatic heterocycles. The molecule has 0 unspecified atom stereocenters. The van der Waals surface area contributed by atoms with E-state index in [2.05, 4.69) is 10.6 Å². The minimum atomic E-state index is 0.534. The minimum Gasteiger partial charge on any atom is -0.467 e. The van der Waals surface area contributed by atoms with Crippen LogP contribution in [0.1, 0.15) is 11.3 Å². The molecule has 0 saturated carbocycles. The molecule has 1 aromatic heterocycles. The molecule has 5 heteroatoms. The van der Waals surface area contributed by atoms with Crippen molar-refractivity contribution in [1.29, 1.82) is 0 Å². The van der Waals surface area contributed by atoms with Crippen molar-refractivity contribution in [2.45, 2.75) is 13.5 Å². The third-order valence-corrected chi connectivity index (χ3v) is 3.09. The molecule has 0 atom stereocenters. The van der Waals surface area contributed by atoms with E-state index < -0.39 is 0 Å². The van der Waals surface area contributed by atoms with Crippen LogP contribution in [-0.4, -0.2) is 5.11 Å². The molecule has 0 fully saturated rings. The lowest BCUT2D eigenvalue weighted by Crippen LogP contribution is -2.27. The number of hydrogen-bond acceptors (Lipinski definition) is 2. The summed E-state index contributed by atoms with van der Waals surface area (Å²) in [5.41, 5.74) is 1.90. The topological polar surface area (TPSA) is 37.2 Å². The van der Waals surface area contributed by atoms with E-state index in [0.29, 0.717) is 16.7 Å². The number of aryl methyl sites for hydroxylation is 1. The van der Waals surface area contributed by atoms with Crippen molar-refractivity contribution in [3.63, 3.8) is 0 Å². The highest BCUT2D eigenvalue weighted by Gasteiger charge is 2.01. The van der Waals surface area contributed by atoms with Gasteiger partial charge in [0, 0.05) is 10.7 Å². The summed E-state index contributed by atoms with van der Waals surface area (Å²) in [6.07, 6.45) is 1.63. The maximum Gasteiger partial charge on any atom is 0.171 e. The number of hydrogen-bond donors (Lipinski definition) is 2. The zero-order valence-electron chi connectivity index (χ0n) is 9.87. The summed E-state index contributed by atoms with van der Waals surface area (Å²) in [4.78, 5) is 0. The molecule has 0 aliphatic carbocycles. The van der Waals surface area contributed by atoms with Crippen molar-refractivity contribution in [3.8, 4) is 0 Å². The molecule has 1 heterocycles. The van der Waals surface area contributed by atoms with Gasteiger partial charge in [-0.3, -0.25) is 0 Å². The normalized spacial score (nSPS) is 10.1. The first-order valence-corrected chi connectivity index (χ1v) is 6.27. The predicted octanol–water partition coefficient (Wildman–Crippen LogP) is 3.73. The van der Waals surface area contributed by atoms with Gasteiger partial charge in [-0.05, 0) is 49.0 Å². The Kier molecular flexibility index (Phi) is 4.23. The number of thiocarbonyl (C=S) groups is 1. The van der Waals surface area contributed by atoms with E-state index in [1.807, 2.05) is 37.3 Å². The third-order valence-electron chi connectivity index (χ3n) is 2.43. The number of anilines is 1. The van der Waals surface area contributed by atoms with Crippen molar-refractivity contribution in [2.75, 3.05) is 5.32 Å². The summed E-state index contributed by atoms with van der Waals surface area (Å²) >= 11 is 11.2. The predicted molar refractivity (Wildman–Crippen MR) is 78.0 cm³/mol. The van der Waals surface area contributed by atoms with Gasteiger partial charge in [0.15, 0.2) is 5.11 Å². The molecule has 94 valence electrons. The van der Waals surface area contributed by atoms with Gasteiger partial charge in [0.05, 0.1) is 12.8 Å². The van der Waals surface area contributed by atoms with Crippen LogP contribution in [0.2, 0.25) is 5.02 Å². The van der Waals surface area contributed by atoms with Crippen molar-refractivity contribution in [3.05, 3.63) is 52.9 Å². The van der Waals surface area contributed by atoms with Gasteiger partial charge in [-0.2, -0.15) is 0 Å². The van der Waals surface area contributed by atoms with Crippen LogP contribution in [0.25, 0.3) is 0 Å². The van der Waals surface area contributed by atoms with Crippen molar-refractivity contribution in [2.24, 2.45) is 0 Å². The second-order valence-electron chi connectivity index (χ2n) is 3.85. The molecule has 2 N–H and O–H groups in total. The Morgan fingerprint density at radius 2 is 2.22 bits per heavy atom. The van der Waals surface area contributed by atoms with Gasteiger partial charge in [0.1, 0.15) is 5.76 Å². The molecule has 3 nitrogen and oxygen atoms in total. The van der Waals surface area contributed by atoms with Gasteiger partial charge >= 0.3 is 0 Å². The van der Waals surface area contributed by atoms with Crippen LogP contribution in [0.3, 0.4) is 0 Å². The summed E-state index contributed by atoms with van der Waals surface area (Å²) in [5, 5.41) is 7.37. The summed E-state index contributed by atoms with van der Waals surface area (Å²) < 4.78 is 5.20. The first kappa shape index (κ1) is 12.9.